The molecule has 0 fully saturated rings. The van der Waals surface area contributed by atoms with Gasteiger partial charge in [-0.05, 0) is 24.3 Å². The van der Waals surface area contributed by atoms with Gasteiger partial charge in [-0.1, -0.05) is 36.4 Å². The Morgan fingerprint density at radius 1 is 0.789 bits per heavy atom. The first-order valence-electron chi connectivity index (χ1n) is 10.4. The molecule has 14 heteroatoms. The number of hydrogen-bond donors (Lipinski definition) is 1. The van der Waals surface area contributed by atoms with E-state index in [4.69, 9.17) is 5.73 Å². The summed E-state index contributed by atoms with van der Waals surface area (Å²) in [5.41, 5.74) is 0.386. The van der Waals surface area contributed by atoms with Crippen molar-refractivity contribution in [1.82, 2.24) is 19.7 Å². The number of rotatable bonds is 5. The van der Waals surface area contributed by atoms with Gasteiger partial charge in [0.25, 0.3) is 5.91 Å². The Balaban J connectivity index is 2.04. The Morgan fingerprint density at radius 2 is 1.34 bits per heavy atom. The molecule has 0 saturated carbocycles. The molecule has 0 radical (unpaired) electrons. The topological polar surface area (TPSA) is 86.7 Å². The molecule has 0 bridgehead atoms. The van der Waals surface area contributed by atoms with Crippen LogP contribution in [0.2, 0.25) is 0 Å². The van der Waals surface area contributed by atoms with Crippen LogP contribution < -0.4 is 5.73 Å². The fourth-order valence-corrected chi connectivity index (χ4v) is 3.56. The lowest BCUT2D eigenvalue weighted by molar-refractivity contribution is -0.137. The maximum Gasteiger partial charge on any atom is 0.417 e. The molecule has 196 valence electrons. The highest BCUT2D eigenvalue weighted by Crippen LogP contribution is 2.39. The molecule has 6 nitrogen and oxygen atoms in total. The molecule has 0 atom stereocenters. The summed E-state index contributed by atoms with van der Waals surface area (Å²) >= 11 is 0. The molecule has 2 N–H and O–H groups in total. The zero-order chi connectivity index (χ0) is 27.8. The molecule has 4 rings (SSSR count). The summed E-state index contributed by atoms with van der Waals surface area (Å²) in [5.74, 6) is -5.32. The Kier molecular flexibility index (Phi) is 6.74. The lowest BCUT2D eigenvalue weighted by Crippen LogP contribution is -2.16. The van der Waals surface area contributed by atoms with E-state index in [0.717, 1.165) is 36.4 Å². The van der Waals surface area contributed by atoms with Gasteiger partial charge in [-0.25, -0.2) is 9.67 Å². The molecule has 2 heterocycles. The van der Waals surface area contributed by atoms with E-state index < -0.39 is 75.2 Å². The second-order valence-electron chi connectivity index (χ2n) is 7.67. The van der Waals surface area contributed by atoms with Gasteiger partial charge in [-0.3, -0.25) is 4.79 Å². The maximum absolute atomic E-state index is 14.3. The number of carbonyl (C=O) groups is 1. The van der Waals surface area contributed by atoms with Gasteiger partial charge in [0.1, 0.15) is 0 Å². The normalized spacial score (nSPS) is 12.6. The van der Waals surface area contributed by atoms with Crippen LogP contribution in [0.3, 0.4) is 0 Å². The van der Waals surface area contributed by atoms with Crippen LogP contribution in [-0.2, 0) is 17.1 Å². The van der Waals surface area contributed by atoms with Gasteiger partial charge in [0.15, 0.2) is 11.6 Å². The number of alkyl halides is 6. The summed E-state index contributed by atoms with van der Waals surface area (Å²) in [6.07, 6.45) is -9.11. The van der Waals surface area contributed by atoms with E-state index in [9.17, 15) is 39.9 Å². The molecular weight excluding hydrogens is 526 g/mol. The van der Waals surface area contributed by atoms with Crippen molar-refractivity contribution >= 4 is 17.7 Å². The van der Waals surface area contributed by atoms with E-state index in [1.807, 2.05) is 0 Å². The number of primary amides is 1. The smallest absolute Gasteiger partial charge is 0.366 e. The molecule has 0 saturated heterocycles. The van der Waals surface area contributed by atoms with Gasteiger partial charge in [0, 0.05) is 22.9 Å². The minimum absolute atomic E-state index is 0.565. The van der Waals surface area contributed by atoms with Crippen LogP contribution in [0.4, 0.5) is 35.1 Å². The fourth-order valence-electron chi connectivity index (χ4n) is 3.56. The third-order valence-corrected chi connectivity index (χ3v) is 5.20. The van der Waals surface area contributed by atoms with Gasteiger partial charge in [-0.15, -0.1) is 5.10 Å². The number of hydrogen-bond acceptors (Lipinski definition) is 4. The number of carbonyl (C=O) groups excluding carboxylic acids is 1. The third kappa shape index (κ3) is 5.23. The van der Waals surface area contributed by atoms with Crippen molar-refractivity contribution in [2.75, 3.05) is 0 Å². The van der Waals surface area contributed by atoms with Crippen LogP contribution in [0, 0.1) is 11.9 Å². The van der Waals surface area contributed by atoms with Crippen molar-refractivity contribution in [3.05, 3.63) is 89.2 Å². The number of amides is 1. The van der Waals surface area contributed by atoms with E-state index in [1.54, 1.807) is 0 Å². The van der Waals surface area contributed by atoms with Crippen LogP contribution in [0.15, 0.2) is 60.7 Å². The molecule has 2 aromatic heterocycles. The molecule has 0 unspecified atom stereocenters. The molecule has 2 aromatic carbocycles. The third-order valence-electron chi connectivity index (χ3n) is 5.20. The fraction of sp³-hybridized carbons (Fsp3) is 0.0833. The summed E-state index contributed by atoms with van der Waals surface area (Å²) in [5, 5.41) is 3.89. The molecule has 0 aliphatic heterocycles. The zero-order valence-electron chi connectivity index (χ0n) is 18.6. The number of benzene rings is 2. The van der Waals surface area contributed by atoms with Crippen molar-refractivity contribution in [1.29, 1.82) is 0 Å². The highest BCUT2D eigenvalue weighted by Gasteiger charge is 2.37. The van der Waals surface area contributed by atoms with Crippen LogP contribution in [0.25, 0.3) is 34.5 Å². The van der Waals surface area contributed by atoms with Gasteiger partial charge in [0.2, 0.25) is 11.9 Å². The van der Waals surface area contributed by atoms with Crippen molar-refractivity contribution in [3.8, 4) is 22.8 Å². The monoisotopic (exact) mass is 539 g/mol. The molecule has 4 aromatic rings. The molecule has 1 amide bonds. The summed E-state index contributed by atoms with van der Waals surface area (Å²) in [6.45, 7) is 0. The van der Waals surface area contributed by atoms with Gasteiger partial charge >= 0.3 is 12.4 Å². The Bertz CT molecular complexity index is 1560. The average Bonchev–Trinajstić information content (AvgIpc) is 3.25. The zero-order valence-corrected chi connectivity index (χ0v) is 18.6. The van der Waals surface area contributed by atoms with Crippen molar-refractivity contribution in [3.63, 3.8) is 0 Å². The first kappa shape index (κ1) is 26.4. The second kappa shape index (κ2) is 9.68. The number of halogens is 8. The number of nitrogens with two attached hydrogens (primary N) is 1. The first-order chi connectivity index (χ1) is 17.8. The minimum Gasteiger partial charge on any atom is -0.366 e. The molecular formula is C24H13F8N5O. The highest BCUT2D eigenvalue weighted by atomic mass is 19.4. The van der Waals surface area contributed by atoms with Crippen molar-refractivity contribution in [2.24, 2.45) is 5.73 Å². The molecule has 0 spiro atoms. The van der Waals surface area contributed by atoms with Gasteiger partial charge < -0.3 is 5.73 Å². The standard InChI is InChI=1S/C24H13F8N5O/c25-18-10-9-12(19(26)34-18)15(20(33)38)11-37-22(14-6-2-4-8-17(14)24(30,31)32)35-21(36-37)13-5-1-3-7-16(13)23(27,28)29/h1-11H,(H2,33,38). The predicted molar refractivity (Wildman–Crippen MR) is 118 cm³/mol. The van der Waals surface area contributed by atoms with Crippen LogP contribution >= 0.6 is 0 Å². The summed E-state index contributed by atoms with van der Waals surface area (Å²) in [7, 11) is 0. The van der Waals surface area contributed by atoms with E-state index in [0.29, 0.717) is 23.0 Å². The average molecular weight is 539 g/mol. The van der Waals surface area contributed by atoms with E-state index in [1.165, 1.54) is 12.1 Å². The quantitative estimate of drug-likeness (QED) is 0.197. The van der Waals surface area contributed by atoms with Crippen LogP contribution in [0.1, 0.15) is 16.7 Å². The summed E-state index contributed by atoms with van der Waals surface area (Å²) in [4.78, 5) is 19.0. The second-order valence-corrected chi connectivity index (χ2v) is 7.67. The van der Waals surface area contributed by atoms with E-state index in [-0.39, 0.29) is 0 Å². The minimum atomic E-state index is -4.92. The number of aromatic nitrogens is 4. The first-order valence-corrected chi connectivity index (χ1v) is 10.4. The SMILES string of the molecule is NC(=O)C(=Cn1nc(-c2ccccc2C(F)(F)F)nc1-c1ccccc1C(F)(F)F)c1ccc(F)nc1F. The lowest BCUT2D eigenvalue weighted by atomic mass is 10.1. The van der Waals surface area contributed by atoms with Crippen molar-refractivity contribution in [2.45, 2.75) is 12.4 Å². The van der Waals surface area contributed by atoms with Gasteiger partial charge in [0.05, 0.1) is 16.7 Å². The Hall–Kier alpha value is -4.62. The van der Waals surface area contributed by atoms with E-state index in [2.05, 4.69) is 15.1 Å². The Labute approximate surface area is 208 Å². The van der Waals surface area contributed by atoms with Crippen LogP contribution in [-0.4, -0.2) is 25.7 Å². The lowest BCUT2D eigenvalue weighted by Gasteiger charge is -2.12. The Morgan fingerprint density at radius 3 is 1.89 bits per heavy atom. The highest BCUT2D eigenvalue weighted by molar-refractivity contribution is 6.22. The predicted octanol–water partition coefficient (Wildman–Crippen LogP) is 5.81. The van der Waals surface area contributed by atoms with Crippen molar-refractivity contribution < 1.29 is 39.9 Å². The molecule has 0 aliphatic rings. The molecule has 0 aliphatic carbocycles. The van der Waals surface area contributed by atoms with Gasteiger partial charge in [-0.2, -0.15) is 40.1 Å². The maximum atomic E-state index is 14.3. The summed E-state index contributed by atoms with van der Waals surface area (Å²) < 4.78 is 110. The van der Waals surface area contributed by atoms with Crippen LogP contribution in [0.5, 0.6) is 0 Å². The largest absolute Gasteiger partial charge is 0.417 e. The number of pyridine rings is 1. The number of nitrogens with zero attached hydrogens (tertiary/aromatic N) is 4. The summed E-state index contributed by atoms with van der Waals surface area (Å²) in [6, 6.07) is 9.55. The van der Waals surface area contributed by atoms with E-state index >= 15 is 0 Å². The molecule has 38 heavy (non-hydrogen) atoms.